The molecule has 5 heteroatoms. The molecule has 0 amide bonds. The van der Waals surface area contributed by atoms with Crippen molar-refractivity contribution in [2.75, 3.05) is 0 Å². The molecule has 5 nitrogen and oxygen atoms in total. The Bertz CT molecular complexity index is 735. The number of esters is 2. The van der Waals surface area contributed by atoms with Gasteiger partial charge in [0.2, 0.25) is 0 Å². The molecule has 24 heavy (non-hydrogen) atoms. The van der Waals surface area contributed by atoms with Crippen LogP contribution in [0.25, 0.3) is 0 Å². The maximum absolute atomic E-state index is 13.0. The zero-order valence-corrected chi connectivity index (χ0v) is 13.5. The number of hydrogen-bond acceptors (Lipinski definition) is 5. The second-order valence-corrected chi connectivity index (χ2v) is 7.75. The Hall–Kier alpha value is -2.04. The Morgan fingerprint density at radius 3 is 2.79 bits per heavy atom. The third kappa shape index (κ3) is 1.55. The summed E-state index contributed by atoms with van der Waals surface area (Å²) in [5.74, 6) is -0.385. The van der Waals surface area contributed by atoms with Crippen molar-refractivity contribution >= 4 is 11.9 Å². The minimum absolute atomic E-state index is 0.0271. The van der Waals surface area contributed by atoms with Gasteiger partial charge in [-0.05, 0) is 37.7 Å². The molecule has 0 aromatic carbocycles. The first-order chi connectivity index (χ1) is 11.6. The molecule has 2 saturated carbocycles. The molecule has 1 aromatic heterocycles. The van der Waals surface area contributed by atoms with Gasteiger partial charge in [0.25, 0.3) is 0 Å². The van der Waals surface area contributed by atoms with Crippen LogP contribution in [-0.4, -0.2) is 18.0 Å². The zero-order chi connectivity index (χ0) is 16.5. The van der Waals surface area contributed by atoms with Crippen LogP contribution in [-0.2, 0) is 19.1 Å². The highest BCUT2D eigenvalue weighted by Gasteiger charge is 2.69. The Balaban J connectivity index is 1.59. The topological polar surface area (TPSA) is 65.7 Å². The summed E-state index contributed by atoms with van der Waals surface area (Å²) in [7, 11) is 0. The molecule has 2 aliphatic heterocycles. The lowest BCUT2D eigenvalue weighted by molar-refractivity contribution is -0.159. The number of ether oxygens (including phenoxy) is 2. The summed E-state index contributed by atoms with van der Waals surface area (Å²) in [5, 5.41) is 0. The van der Waals surface area contributed by atoms with Crippen molar-refractivity contribution in [1.82, 2.24) is 0 Å². The van der Waals surface area contributed by atoms with Crippen molar-refractivity contribution < 1.29 is 23.5 Å². The van der Waals surface area contributed by atoms with Crippen LogP contribution in [0, 0.1) is 16.7 Å². The van der Waals surface area contributed by atoms with Gasteiger partial charge in [-0.15, -0.1) is 0 Å². The Morgan fingerprint density at radius 2 is 2.00 bits per heavy atom. The quantitative estimate of drug-likeness (QED) is 0.584. The van der Waals surface area contributed by atoms with Crippen molar-refractivity contribution in [3.05, 3.63) is 36.3 Å². The smallest absolute Gasteiger partial charge is 0.317 e. The van der Waals surface area contributed by atoms with E-state index in [2.05, 4.69) is 6.58 Å². The van der Waals surface area contributed by atoms with Gasteiger partial charge in [0.15, 0.2) is 0 Å². The van der Waals surface area contributed by atoms with Gasteiger partial charge >= 0.3 is 11.9 Å². The lowest BCUT2D eigenvalue weighted by Crippen LogP contribution is -2.53. The van der Waals surface area contributed by atoms with E-state index in [1.165, 1.54) is 0 Å². The molecule has 0 N–H and O–H groups in total. The minimum Gasteiger partial charge on any atom is -0.472 e. The molecule has 4 fully saturated rings. The van der Waals surface area contributed by atoms with Crippen LogP contribution in [0.15, 0.2) is 35.2 Å². The number of furan rings is 1. The van der Waals surface area contributed by atoms with E-state index in [9.17, 15) is 9.59 Å². The molecule has 5 unspecified atom stereocenters. The number of fused-ring (bicyclic) bond motifs is 2. The van der Waals surface area contributed by atoms with E-state index in [1.807, 2.05) is 6.07 Å². The Labute approximate surface area is 140 Å². The fraction of sp³-hybridized carbons (Fsp3) is 0.579. The SMILES string of the molecule is C=C1CCC23CC(CCC2C12CC(c1ccoc1)OC2=O)OC3=O. The summed E-state index contributed by atoms with van der Waals surface area (Å²) in [6, 6.07) is 1.83. The van der Waals surface area contributed by atoms with Crippen molar-refractivity contribution in [2.45, 2.75) is 50.7 Å². The molecule has 126 valence electrons. The summed E-state index contributed by atoms with van der Waals surface area (Å²) in [6.45, 7) is 4.23. The molecule has 2 aliphatic carbocycles. The normalized spacial score (nSPS) is 43.7. The molecule has 4 aliphatic rings. The van der Waals surface area contributed by atoms with Gasteiger partial charge < -0.3 is 13.9 Å². The Morgan fingerprint density at radius 1 is 1.12 bits per heavy atom. The predicted octanol–water partition coefficient (Wildman–Crippen LogP) is 3.32. The summed E-state index contributed by atoms with van der Waals surface area (Å²) < 4.78 is 16.5. The maximum atomic E-state index is 13.0. The number of carbonyl (C=O) groups excluding carboxylic acids is 2. The molecule has 2 bridgehead atoms. The highest BCUT2D eigenvalue weighted by Crippen LogP contribution is 2.67. The molecule has 1 aromatic rings. The van der Waals surface area contributed by atoms with Crippen LogP contribution in [0.1, 0.15) is 50.2 Å². The van der Waals surface area contributed by atoms with Gasteiger partial charge in [-0.2, -0.15) is 0 Å². The molecule has 0 radical (unpaired) electrons. The van der Waals surface area contributed by atoms with Crippen LogP contribution >= 0.6 is 0 Å². The van der Waals surface area contributed by atoms with Crippen LogP contribution in [0.3, 0.4) is 0 Å². The summed E-state index contributed by atoms with van der Waals surface area (Å²) >= 11 is 0. The van der Waals surface area contributed by atoms with Gasteiger partial charge in [0.1, 0.15) is 12.2 Å². The van der Waals surface area contributed by atoms with E-state index in [4.69, 9.17) is 13.9 Å². The van der Waals surface area contributed by atoms with E-state index in [1.54, 1.807) is 12.5 Å². The van der Waals surface area contributed by atoms with E-state index in [0.29, 0.717) is 12.8 Å². The van der Waals surface area contributed by atoms with E-state index in [0.717, 1.165) is 36.8 Å². The summed E-state index contributed by atoms with van der Waals surface area (Å²) in [6.07, 6.45) is 7.30. The monoisotopic (exact) mass is 328 g/mol. The van der Waals surface area contributed by atoms with Crippen molar-refractivity contribution in [2.24, 2.45) is 16.7 Å². The minimum atomic E-state index is -0.755. The van der Waals surface area contributed by atoms with Crippen molar-refractivity contribution in [3.63, 3.8) is 0 Å². The largest absolute Gasteiger partial charge is 0.472 e. The standard InChI is InChI=1S/C19H20O5/c1-11-4-6-18-8-13(23-16(18)20)2-3-15(18)19(11)9-14(24-17(19)21)12-5-7-22-10-12/h5,7,10,13-15H,1-4,6,8-9H2. The number of rotatable bonds is 1. The molecular formula is C19H20O5. The van der Waals surface area contributed by atoms with Gasteiger partial charge in [-0.3, -0.25) is 9.59 Å². The van der Waals surface area contributed by atoms with Gasteiger partial charge in [0.05, 0.1) is 23.4 Å². The first-order valence-corrected chi connectivity index (χ1v) is 8.69. The highest BCUT2D eigenvalue weighted by molar-refractivity contribution is 5.88. The van der Waals surface area contributed by atoms with Gasteiger partial charge in [-0.25, -0.2) is 0 Å². The molecule has 2 spiro atoms. The fourth-order valence-electron chi connectivity index (χ4n) is 5.68. The molecule has 5 atom stereocenters. The second-order valence-electron chi connectivity index (χ2n) is 7.75. The van der Waals surface area contributed by atoms with Crippen LogP contribution in [0.4, 0.5) is 0 Å². The average Bonchev–Trinajstić information content (AvgIpc) is 3.25. The number of carbonyl (C=O) groups is 2. The summed E-state index contributed by atoms with van der Waals surface area (Å²) in [5.41, 5.74) is 0.519. The number of hydrogen-bond donors (Lipinski definition) is 0. The molecule has 2 saturated heterocycles. The Kier molecular flexibility index (Phi) is 2.70. The summed E-state index contributed by atoms with van der Waals surface area (Å²) in [4.78, 5) is 25.7. The molecule has 3 heterocycles. The number of cyclic esters (lactones) is 1. The first-order valence-electron chi connectivity index (χ1n) is 8.69. The van der Waals surface area contributed by atoms with Gasteiger partial charge in [-0.1, -0.05) is 12.2 Å². The fourth-order valence-corrected chi connectivity index (χ4v) is 5.68. The van der Waals surface area contributed by atoms with E-state index in [-0.39, 0.29) is 30.1 Å². The highest BCUT2D eigenvalue weighted by atomic mass is 16.6. The lowest BCUT2D eigenvalue weighted by Gasteiger charge is -2.50. The van der Waals surface area contributed by atoms with Gasteiger partial charge in [0, 0.05) is 18.4 Å². The lowest BCUT2D eigenvalue weighted by atomic mass is 9.48. The van der Waals surface area contributed by atoms with Crippen LogP contribution in [0.2, 0.25) is 0 Å². The third-order valence-electron chi connectivity index (χ3n) is 6.85. The van der Waals surface area contributed by atoms with Crippen molar-refractivity contribution in [3.8, 4) is 0 Å². The average molecular weight is 328 g/mol. The van der Waals surface area contributed by atoms with Crippen LogP contribution in [0.5, 0.6) is 0 Å². The molecule has 5 rings (SSSR count). The third-order valence-corrected chi connectivity index (χ3v) is 6.85. The van der Waals surface area contributed by atoms with E-state index >= 15 is 0 Å². The predicted molar refractivity (Wildman–Crippen MR) is 82.6 cm³/mol. The van der Waals surface area contributed by atoms with E-state index < -0.39 is 10.8 Å². The maximum Gasteiger partial charge on any atom is 0.317 e. The second kappa shape index (κ2) is 4.52. The van der Waals surface area contributed by atoms with Crippen LogP contribution < -0.4 is 0 Å². The first kappa shape index (κ1) is 14.3. The zero-order valence-electron chi connectivity index (χ0n) is 13.5. The molecular weight excluding hydrogens is 308 g/mol. The van der Waals surface area contributed by atoms with Crippen molar-refractivity contribution in [1.29, 1.82) is 0 Å².